The fourth-order valence-corrected chi connectivity index (χ4v) is 3.33. The Morgan fingerprint density at radius 1 is 1.14 bits per heavy atom. The van der Waals surface area contributed by atoms with Gasteiger partial charge in [0.1, 0.15) is 5.75 Å². The Morgan fingerprint density at radius 3 is 2.68 bits per heavy atom. The third kappa shape index (κ3) is 5.81. The summed E-state index contributed by atoms with van der Waals surface area (Å²) >= 11 is 0. The lowest BCUT2D eigenvalue weighted by molar-refractivity contribution is 0.392. The Labute approximate surface area is 142 Å². The molecule has 0 radical (unpaired) electrons. The molecule has 0 heterocycles. The summed E-state index contributed by atoms with van der Waals surface area (Å²) in [4.78, 5) is 0. The molecular weight excluding hydrogens is 294 g/mol. The molecular formula is C19H32ClNO. The highest BCUT2D eigenvalue weighted by Gasteiger charge is 2.20. The van der Waals surface area contributed by atoms with Crippen molar-refractivity contribution in [3.8, 4) is 5.75 Å². The Kier molecular flexibility index (Phi) is 9.58. The van der Waals surface area contributed by atoms with E-state index in [2.05, 4.69) is 30.4 Å². The van der Waals surface area contributed by atoms with E-state index in [-0.39, 0.29) is 12.4 Å². The average molecular weight is 326 g/mol. The van der Waals surface area contributed by atoms with E-state index in [1.54, 1.807) is 7.11 Å². The number of methoxy groups -OCH3 is 1. The van der Waals surface area contributed by atoms with Crippen LogP contribution in [-0.4, -0.2) is 19.7 Å². The zero-order valence-corrected chi connectivity index (χ0v) is 15.0. The van der Waals surface area contributed by atoms with Crippen molar-refractivity contribution < 1.29 is 4.74 Å². The van der Waals surface area contributed by atoms with Gasteiger partial charge in [-0.1, -0.05) is 51.2 Å². The van der Waals surface area contributed by atoms with Gasteiger partial charge in [-0.25, -0.2) is 0 Å². The number of aryl methyl sites for hydroxylation is 1. The number of unbranched alkanes of at least 4 members (excludes halogenated alkanes) is 5. The van der Waals surface area contributed by atoms with Crippen LogP contribution in [0.4, 0.5) is 0 Å². The van der Waals surface area contributed by atoms with Crippen molar-refractivity contribution in [3.63, 3.8) is 0 Å². The Bertz CT molecular complexity index is 408. The first-order valence-electron chi connectivity index (χ1n) is 8.73. The molecule has 2 rings (SSSR count). The number of nitrogens with one attached hydrogen (secondary N) is 1. The lowest BCUT2D eigenvalue weighted by Crippen LogP contribution is -2.35. The Hall–Kier alpha value is -0.730. The molecule has 0 saturated carbocycles. The molecule has 1 atom stereocenters. The van der Waals surface area contributed by atoms with Gasteiger partial charge in [0.15, 0.2) is 0 Å². The SMILES string of the molecule is CCCCCCCCNC1CCc2cccc(OC)c2C1.Cl. The van der Waals surface area contributed by atoms with E-state index in [4.69, 9.17) is 4.74 Å². The van der Waals surface area contributed by atoms with Gasteiger partial charge >= 0.3 is 0 Å². The summed E-state index contributed by atoms with van der Waals surface area (Å²) in [6, 6.07) is 7.09. The van der Waals surface area contributed by atoms with Crippen LogP contribution in [0, 0.1) is 0 Å². The third-order valence-corrected chi connectivity index (χ3v) is 4.63. The summed E-state index contributed by atoms with van der Waals surface area (Å²) in [5.74, 6) is 1.07. The molecule has 0 aromatic heterocycles. The molecule has 0 aliphatic heterocycles. The molecule has 126 valence electrons. The standard InChI is InChI=1S/C19H31NO.ClH/c1-3-4-5-6-7-8-14-20-17-13-12-16-10-9-11-19(21-2)18(16)15-17;/h9-11,17,20H,3-8,12-15H2,1-2H3;1H. The minimum Gasteiger partial charge on any atom is -0.496 e. The number of rotatable bonds is 9. The molecule has 1 unspecified atom stereocenters. The van der Waals surface area contributed by atoms with Gasteiger partial charge in [0.25, 0.3) is 0 Å². The van der Waals surface area contributed by atoms with Crippen LogP contribution in [0.3, 0.4) is 0 Å². The highest BCUT2D eigenvalue weighted by atomic mass is 35.5. The Balaban J connectivity index is 0.00000242. The van der Waals surface area contributed by atoms with Gasteiger partial charge in [-0.15, -0.1) is 12.4 Å². The molecule has 1 aliphatic rings. The lowest BCUT2D eigenvalue weighted by atomic mass is 9.87. The second-order valence-corrected chi connectivity index (χ2v) is 6.26. The fourth-order valence-electron chi connectivity index (χ4n) is 3.33. The first kappa shape index (κ1) is 19.3. The normalized spacial score (nSPS) is 16.7. The van der Waals surface area contributed by atoms with Crippen molar-refractivity contribution in [3.05, 3.63) is 29.3 Å². The second-order valence-electron chi connectivity index (χ2n) is 6.26. The van der Waals surface area contributed by atoms with E-state index in [0.717, 1.165) is 12.2 Å². The maximum atomic E-state index is 5.51. The van der Waals surface area contributed by atoms with E-state index >= 15 is 0 Å². The minimum absolute atomic E-state index is 0. The van der Waals surface area contributed by atoms with E-state index < -0.39 is 0 Å². The fraction of sp³-hybridized carbons (Fsp3) is 0.684. The molecule has 0 fully saturated rings. The molecule has 1 aliphatic carbocycles. The zero-order valence-electron chi connectivity index (χ0n) is 14.2. The van der Waals surface area contributed by atoms with Crippen LogP contribution in [0.15, 0.2) is 18.2 Å². The van der Waals surface area contributed by atoms with Gasteiger partial charge in [0.05, 0.1) is 7.11 Å². The maximum absolute atomic E-state index is 5.51. The van der Waals surface area contributed by atoms with Gasteiger partial charge in [0.2, 0.25) is 0 Å². The van der Waals surface area contributed by atoms with Crippen molar-refractivity contribution in [2.24, 2.45) is 0 Å². The van der Waals surface area contributed by atoms with Crippen molar-refractivity contribution in [2.45, 2.75) is 70.8 Å². The third-order valence-electron chi connectivity index (χ3n) is 4.63. The number of hydrogen-bond donors (Lipinski definition) is 1. The molecule has 2 nitrogen and oxygen atoms in total. The van der Waals surface area contributed by atoms with Crippen LogP contribution >= 0.6 is 12.4 Å². The number of fused-ring (bicyclic) bond motifs is 1. The van der Waals surface area contributed by atoms with Crippen LogP contribution < -0.4 is 10.1 Å². The van der Waals surface area contributed by atoms with E-state index in [1.807, 2.05) is 0 Å². The van der Waals surface area contributed by atoms with E-state index in [1.165, 1.54) is 69.0 Å². The molecule has 3 heteroatoms. The van der Waals surface area contributed by atoms with Crippen LogP contribution in [0.5, 0.6) is 5.75 Å². The van der Waals surface area contributed by atoms with E-state index in [9.17, 15) is 0 Å². The number of hydrogen-bond acceptors (Lipinski definition) is 2. The van der Waals surface area contributed by atoms with Gasteiger partial charge in [-0.3, -0.25) is 0 Å². The van der Waals surface area contributed by atoms with Gasteiger partial charge < -0.3 is 10.1 Å². The zero-order chi connectivity index (χ0) is 14.9. The Morgan fingerprint density at radius 2 is 1.91 bits per heavy atom. The maximum Gasteiger partial charge on any atom is 0.122 e. The predicted molar refractivity (Wildman–Crippen MR) is 97.4 cm³/mol. The van der Waals surface area contributed by atoms with Crippen LogP contribution in [0.2, 0.25) is 0 Å². The number of benzene rings is 1. The summed E-state index contributed by atoms with van der Waals surface area (Å²) in [5, 5.41) is 3.75. The van der Waals surface area contributed by atoms with Crippen LogP contribution in [0.1, 0.15) is 63.0 Å². The van der Waals surface area contributed by atoms with Gasteiger partial charge in [-0.2, -0.15) is 0 Å². The van der Waals surface area contributed by atoms with Gasteiger partial charge in [-0.05, 0) is 49.4 Å². The average Bonchev–Trinajstić information content (AvgIpc) is 2.53. The highest BCUT2D eigenvalue weighted by molar-refractivity contribution is 5.85. The topological polar surface area (TPSA) is 21.3 Å². The molecule has 0 amide bonds. The van der Waals surface area contributed by atoms with E-state index in [0.29, 0.717) is 6.04 Å². The first-order chi connectivity index (χ1) is 10.3. The largest absolute Gasteiger partial charge is 0.496 e. The first-order valence-corrected chi connectivity index (χ1v) is 8.73. The summed E-state index contributed by atoms with van der Waals surface area (Å²) in [5.41, 5.74) is 2.90. The van der Waals surface area contributed by atoms with Crippen LogP contribution in [0.25, 0.3) is 0 Å². The molecule has 0 saturated heterocycles. The molecule has 1 aromatic carbocycles. The minimum atomic E-state index is 0. The molecule has 0 bridgehead atoms. The predicted octanol–water partition coefficient (Wildman–Crippen LogP) is 4.92. The summed E-state index contributed by atoms with van der Waals surface area (Å²) in [6.07, 6.45) is 11.8. The molecule has 22 heavy (non-hydrogen) atoms. The molecule has 1 N–H and O–H groups in total. The lowest BCUT2D eigenvalue weighted by Gasteiger charge is -2.27. The smallest absolute Gasteiger partial charge is 0.122 e. The highest BCUT2D eigenvalue weighted by Crippen LogP contribution is 2.29. The summed E-state index contributed by atoms with van der Waals surface area (Å²) < 4.78 is 5.51. The van der Waals surface area contributed by atoms with Crippen molar-refractivity contribution >= 4 is 12.4 Å². The number of ether oxygens (including phenoxy) is 1. The van der Waals surface area contributed by atoms with Crippen molar-refractivity contribution in [1.82, 2.24) is 5.32 Å². The molecule has 1 aromatic rings. The van der Waals surface area contributed by atoms with Crippen LogP contribution in [-0.2, 0) is 12.8 Å². The second kappa shape index (κ2) is 10.9. The molecule has 0 spiro atoms. The number of halogens is 1. The van der Waals surface area contributed by atoms with Gasteiger partial charge in [0, 0.05) is 6.04 Å². The summed E-state index contributed by atoms with van der Waals surface area (Å²) in [7, 11) is 1.78. The summed E-state index contributed by atoms with van der Waals surface area (Å²) in [6.45, 7) is 3.44. The monoisotopic (exact) mass is 325 g/mol. The van der Waals surface area contributed by atoms with Crippen molar-refractivity contribution in [2.75, 3.05) is 13.7 Å². The van der Waals surface area contributed by atoms with Crippen molar-refractivity contribution in [1.29, 1.82) is 0 Å². The quantitative estimate of drug-likeness (QED) is 0.650.